The lowest BCUT2D eigenvalue weighted by Gasteiger charge is -2.31. The first-order chi connectivity index (χ1) is 14.3. The number of fused-ring (bicyclic) bond motifs is 1. The fraction of sp³-hybridized carbons (Fsp3) is 0.571. The van der Waals surface area contributed by atoms with Crippen LogP contribution in [0.3, 0.4) is 0 Å². The number of hydrogen-bond acceptors (Lipinski definition) is 5. The predicted octanol–water partition coefficient (Wildman–Crippen LogP) is 4.54. The topological polar surface area (TPSA) is 51.5 Å². The van der Waals surface area contributed by atoms with Crippen LogP contribution >= 0.6 is 0 Å². The highest BCUT2D eigenvalue weighted by atomic mass is 19.4. The van der Waals surface area contributed by atoms with Gasteiger partial charge in [-0.15, -0.1) is 0 Å². The number of alkyl halides is 3. The first-order valence-electron chi connectivity index (χ1n) is 10.2. The number of anilines is 1. The van der Waals surface area contributed by atoms with Crippen LogP contribution in [0.2, 0.25) is 0 Å². The van der Waals surface area contributed by atoms with Crippen LogP contribution in [0.4, 0.5) is 19.0 Å². The van der Waals surface area contributed by atoms with Crippen molar-refractivity contribution in [2.75, 3.05) is 26.1 Å². The van der Waals surface area contributed by atoms with Crippen molar-refractivity contribution in [3.05, 3.63) is 35.5 Å². The minimum Gasteiger partial charge on any atom is -0.497 e. The third kappa shape index (κ3) is 3.95. The lowest BCUT2D eigenvalue weighted by Crippen LogP contribution is -2.37. The van der Waals surface area contributed by atoms with E-state index in [1.54, 1.807) is 27.2 Å². The van der Waals surface area contributed by atoms with Gasteiger partial charge in [0.05, 0.1) is 26.0 Å². The van der Waals surface area contributed by atoms with Gasteiger partial charge < -0.3 is 14.8 Å². The summed E-state index contributed by atoms with van der Waals surface area (Å²) < 4.78 is 52.6. The van der Waals surface area contributed by atoms with Crippen molar-refractivity contribution < 1.29 is 22.6 Å². The zero-order valence-corrected chi connectivity index (χ0v) is 17.4. The molecule has 0 bridgehead atoms. The molecule has 6 nitrogen and oxygen atoms in total. The van der Waals surface area contributed by atoms with Gasteiger partial charge in [0.2, 0.25) is 0 Å². The number of rotatable bonds is 5. The Bertz CT molecular complexity index is 899. The van der Waals surface area contributed by atoms with E-state index in [4.69, 9.17) is 9.47 Å². The molecule has 1 saturated heterocycles. The van der Waals surface area contributed by atoms with E-state index >= 15 is 0 Å². The fourth-order valence-electron chi connectivity index (χ4n) is 4.49. The van der Waals surface area contributed by atoms with Crippen molar-refractivity contribution in [3.63, 3.8) is 0 Å². The fourth-order valence-corrected chi connectivity index (χ4v) is 4.49. The van der Waals surface area contributed by atoms with Crippen LogP contribution in [-0.2, 0) is 6.54 Å². The number of benzene rings is 1. The molecular formula is C21H27F3N4O2. The molecule has 1 aromatic carbocycles. The van der Waals surface area contributed by atoms with Crippen molar-refractivity contribution in [2.45, 2.75) is 57.0 Å². The van der Waals surface area contributed by atoms with Gasteiger partial charge in [0, 0.05) is 30.3 Å². The molecule has 0 unspecified atom stereocenters. The van der Waals surface area contributed by atoms with Gasteiger partial charge in [0.15, 0.2) is 6.04 Å². The molecule has 9 heteroatoms. The van der Waals surface area contributed by atoms with E-state index in [9.17, 15) is 13.2 Å². The number of aromatic nitrogens is 2. The summed E-state index contributed by atoms with van der Waals surface area (Å²) in [6.45, 7) is 3.26. The number of nitrogens with zero attached hydrogens (tertiary/aromatic N) is 3. The monoisotopic (exact) mass is 424 g/mol. The van der Waals surface area contributed by atoms with Crippen molar-refractivity contribution >= 4 is 5.82 Å². The summed E-state index contributed by atoms with van der Waals surface area (Å²) in [6.07, 6.45) is -2.51. The Kier molecular flexibility index (Phi) is 5.57. The van der Waals surface area contributed by atoms with E-state index in [2.05, 4.69) is 15.3 Å². The maximum atomic E-state index is 13.6. The van der Waals surface area contributed by atoms with Crippen LogP contribution in [0.25, 0.3) is 0 Å². The van der Waals surface area contributed by atoms with Gasteiger partial charge in [0.25, 0.3) is 0 Å². The summed E-state index contributed by atoms with van der Waals surface area (Å²) in [5, 5.41) is 7.57. The second kappa shape index (κ2) is 8.02. The van der Waals surface area contributed by atoms with E-state index < -0.39 is 12.2 Å². The SMILES string of the molecule is COc1ccc(CN2CCC[C@@H]2c2cc3n(n2)[C@@H](C(F)(F)F)C[C@@H](C)N3)c(OC)c1. The number of likely N-dealkylation sites (tertiary alicyclic amines) is 1. The van der Waals surface area contributed by atoms with Crippen molar-refractivity contribution in [1.29, 1.82) is 0 Å². The zero-order valence-electron chi connectivity index (χ0n) is 17.4. The number of ether oxygens (including phenoxy) is 2. The molecule has 0 spiro atoms. The Balaban J connectivity index is 1.59. The summed E-state index contributed by atoms with van der Waals surface area (Å²) in [5.41, 5.74) is 1.69. The van der Waals surface area contributed by atoms with Gasteiger partial charge in [-0.25, -0.2) is 4.68 Å². The number of nitrogens with one attached hydrogen (secondary N) is 1. The Morgan fingerprint density at radius 1 is 1.20 bits per heavy atom. The van der Waals surface area contributed by atoms with E-state index in [-0.39, 0.29) is 18.5 Å². The number of halogens is 3. The zero-order chi connectivity index (χ0) is 21.5. The van der Waals surface area contributed by atoms with Crippen molar-refractivity contribution in [3.8, 4) is 11.5 Å². The summed E-state index contributed by atoms with van der Waals surface area (Å²) >= 11 is 0. The molecule has 0 saturated carbocycles. The third-order valence-electron chi connectivity index (χ3n) is 5.97. The van der Waals surface area contributed by atoms with Crippen LogP contribution in [0.1, 0.15) is 49.5 Å². The highest BCUT2D eigenvalue weighted by Crippen LogP contribution is 2.42. The summed E-state index contributed by atoms with van der Waals surface area (Å²) in [7, 11) is 3.22. The molecule has 1 N–H and O–H groups in total. The molecular weight excluding hydrogens is 397 g/mol. The third-order valence-corrected chi connectivity index (χ3v) is 5.97. The Morgan fingerprint density at radius 2 is 2.00 bits per heavy atom. The maximum Gasteiger partial charge on any atom is 0.410 e. The number of methoxy groups -OCH3 is 2. The quantitative estimate of drug-likeness (QED) is 0.764. The minimum absolute atomic E-state index is 0.0188. The molecule has 0 amide bonds. The Labute approximate surface area is 173 Å². The van der Waals surface area contributed by atoms with Gasteiger partial charge in [-0.1, -0.05) is 6.07 Å². The smallest absolute Gasteiger partial charge is 0.410 e. The standard InChI is InChI=1S/C21H27F3N4O2/c1-13-9-19(21(22,23)24)28-20(25-13)11-16(26-28)17-5-4-8-27(17)12-14-6-7-15(29-2)10-18(14)30-3/h6-7,10-11,13,17,19,25H,4-5,8-9,12H2,1-3H3/t13-,17-,19-/m1/s1. The molecule has 1 fully saturated rings. The minimum atomic E-state index is -4.32. The molecule has 0 radical (unpaired) electrons. The highest BCUT2D eigenvalue weighted by Gasteiger charge is 2.46. The van der Waals surface area contributed by atoms with Gasteiger partial charge in [0.1, 0.15) is 17.3 Å². The number of hydrogen-bond donors (Lipinski definition) is 1. The molecule has 4 rings (SSSR count). The molecule has 2 aliphatic heterocycles. The summed E-state index contributed by atoms with van der Waals surface area (Å²) in [6, 6.07) is 5.61. The molecule has 2 aliphatic rings. The molecule has 164 valence electrons. The Morgan fingerprint density at radius 3 is 2.70 bits per heavy atom. The highest BCUT2D eigenvalue weighted by molar-refractivity contribution is 5.43. The summed E-state index contributed by atoms with van der Waals surface area (Å²) in [5.74, 6) is 1.89. The van der Waals surface area contributed by atoms with Crippen LogP contribution in [0, 0.1) is 0 Å². The molecule has 3 heterocycles. The van der Waals surface area contributed by atoms with Crippen LogP contribution in [0.5, 0.6) is 11.5 Å². The Hall–Kier alpha value is -2.42. The van der Waals surface area contributed by atoms with Gasteiger partial charge >= 0.3 is 6.18 Å². The predicted molar refractivity (Wildman–Crippen MR) is 107 cm³/mol. The molecule has 1 aromatic heterocycles. The maximum absolute atomic E-state index is 13.6. The molecule has 0 aliphatic carbocycles. The lowest BCUT2D eigenvalue weighted by atomic mass is 10.1. The van der Waals surface area contributed by atoms with Crippen molar-refractivity contribution in [1.82, 2.24) is 14.7 Å². The molecule has 3 atom stereocenters. The first-order valence-corrected chi connectivity index (χ1v) is 10.2. The van der Waals surface area contributed by atoms with E-state index in [0.29, 0.717) is 23.8 Å². The van der Waals surface area contributed by atoms with E-state index in [1.807, 2.05) is 18.2 Å². The second-order valence-electron chi connectivity index (χ2n) is 8.04. The van der Waals surface area contributed by atoms with Crippen molar-refractivity contribution in [2.24, 2.45) is 0 Å². The van der Waals surface area contributed by atoms with Gasteiger partial charge in [-0.3, -0.25) is 4.90 Å². The van der Waals surface area contributed by atoms with Crippen LogP contribution in [0.15, 0.2) is 24.3 Å². The molecule has 30 heavy (non-hydrogen) atoms. The van der Waals surface area contributed by atoms with E-state index in [0.717, 1.165) is 35.4 Å². The summed E-state index contributed by atoms with van der Waals surface area (Å²) in [4.78, 5) is 2.25. The van der Waals surface area contributed by atoms with Crippen LogP contribution < -0.4 is 14.8 Å². The molecule has 2 aromatic rings. The largest absolute Gasteiger partial charge is 0.497 e. The second-order valence-corrected chi connectivity index (χ2v) is 8.04. The average Bonchev–Trinajstić information content (AvgIpc) is 3.33. The first kappa shape index (κ1) is 20.8. The van der Waals surface area contributed by atoms with E-state index in [1.165, 1.54) is 0 Å². The van der Waals surface area contributed by atoms with Gasteiger partial charge in [-0.05, 0) is 38.8 Å². The average molecular weight is 424 g/mol. The lowest BCUT2D eigenvalue weighted by molar-refractivity contribution is -0.173. The van der Waals surface area contributed by atoms with Crippen LogP contribution in [-0.4, -0.2) is 47.7 Å². The van der Waals surface area contributed by atoms with Gasteiger partial charge in [-0.2, -0.15) is 18.3 Å². The normalized spacial score (nSPS) is 24.4.